The molecule has 4 N–H and O–H groups in total. The summed E-state index contributed by atoms with van der Waals surface area (Å²) in [7, 11) is 1.76. The summed E-state index contributed by atoms with van der Waals surface area (Å²) in [5.74, 6) is -0.885. The summed E-state index contributed by atoms with van der Waals surface area (Å²) in [6.45, 7) is 4.59. The smallest absolute Gasteiger partial charge is 0.234 e. The Kier molecular flexibility index (Phi) is 8.44. The fourth-order valence-electron chi connectivity index (χ4n) is 5.22. The predicted octanol–water partition coefficient (Wildman–Crippen LogP) is 3.44. The minimum absolute atomic E-state index is 0.0871. The summed E-state index contributed by atoms with van der Waals surface area (Å²) in [4.78, 5) is 28.3. The molecule has 2 aromatic carbocycles. The van der Waals surface area contributed by atoms with Crippen LogP contribution in [-0.4, -0.2) is 55.6 Å². The normalized spacial score (nSPS) is 21.8. The van der Waals surface area contributed by atoms with Gasteiger partial charge >= 0.3 is 0 Å². The lowest BCUT2D eigenvalue weighted by atomic mass is 9.81. The van der Waals surface area contributed by atoms with Crippen LogP contribution in [-0.2, 0) is 20.7 Å². The van der Waals surface area contributed by atoms with Crippen molar-refractivity contribution < 1.29 is 14.3 Å². The molecular weight excluding hydrogens is 464 g/mol. The number of benzene rings is 2. The van der Waals surface area contributed by atoms with E-state index < -0.39 is 17.9 Å². The summed E-state index contributed by atoms with van der Waals surface area (Å²) >= 11 is 6.18. The van der Waals surface area contributed by atoms with Crippen LogP contribution in [0.5, 0.6) is 0 Å². The van der Waals surface area contributed by atoms with E-state index in [-0.39, 0.29) is 11.9 Å². The Balaban J connectivity index is 1.58. The second-order valence-electron chi connectivity index (χ2n) is 9.63. The molecule has 0 aliphatic carbocycles. The van der Waals surface area contributed by atoms with Crippen molar-refractivity contribution >= 4 is 29.1 Å². The van der Waals surface area contributed by atoms with E-state index in [1.165, 1.54) is 0 Å². The number of primary amides is 1. The van der Waals surface area contributed by atoms with Crippen molar-refractivity contribution in [2.24, 2.45) is 11.7 Å². The van der Waals surface area contributed by atoms with Gasteiger partial charge in [-0.3, -0.25) is 14.9 Å². The summed E-state index contributed by atoms with van der Waals surface area (Å²) in [6, 6.07) is 12.7. The van der Waals surface area contributed by atoms with Crippen molar-refractivity contribution in [2.75, 3.05) is 32.1 Å². The second kappa shape index (κ2) is 11.5. The zero-order valence-corrected chi connectivity index (χ0v) is 21.2. The summed E-state index contributed by atoms with van der Waals surface area (Å²) in [5, 5.41) is 7.16. The van der Waals surface area contributed by atoms with E-state index in [4.69, 9.17) is 22.1 Å². The quantitative estimate of drug-likeness (QED) is 0.518. The molecule has 0 bridgehead atoms. The molecule has 3 atom stereocenters. The number of carbonyl (C=O) groups is 2. The average Bonchev–Trinajstić information content (AvgIpc) is 2.86. The average molecular weight is 499 g/mol. The Hall–Kier alpha value is -2.45. The number of anilines is 1. The van der Waals surface area contributed by atoms with Crippen LogP contribution >= 0.6 is 11.6 Å². The first-order chi connectivity index (χ1) is 16.9. The highest BCUT2D eigenvalue weighted by atomic mass is 35.5. The number of fused-ring (bicyclic) bond motifs is 1. The molecule has 2 aliphatic rings. The van der Waals surface area contributed by atoms with Crippen molar-refractivity contribution in [3.05, 3.63) is 64.2 Å². The van der Waals surface area contributed by atoms with E-state index in [0.717, 1.165) is 49.2 Å². The van der Waals surface area contributed by atoms with Crippen LogP contribution in [0.2, 0.25) is 5.02 Å². The lowest BCUT2D eigenvalue weighted by Gasteiger charge is -2.37. The molecule has 4 rings (SSSR count). The van der Waals surface area contributed by atoms with Gasteiger partial charge in [0.2, 0.25) is 11.8 Å². The molecule has 1 fully saturated rings. The van der Waals surface area contributed by atoms with Crippen molar-refractivity contribution in [1.29, 1.82) is 0 Å². The predicted molar refractivity (Wildman–Crippen MR) is 138 cm³/mol. The van der Waals surface area contributed by atoms with Crippen molar-refractivity contribution in [3.8, 4) is 0 Å². The molecule has 0 aromatic heterocycles. The van der Waals surface area contributed by atoms with E-state index in [1.54, 1.807) is 13.2 Å². The number of piperidine rings is 1. The lowest BCUT2D eigenvalue weighted by Crippen LogP contribution is -2.51. The van der Waals surface area contributed by atoms with Crippen molar-refractivity contribution in [2.45, 2.75) is 50.8 Å². The van der Waals surface area contributed by atoms with E-state index >= 15 is 0 Å². The number of hydrogen-bond acceptors (Lipinski definition) is 5. The zero-order chi connectivity index (χ0) is 24.9. The highest BCUT2D eigenvalue weighted by molar-refractivity contribution is 6.31. The van der Waals surface area contributed by atoms with Crippen molar-refractivity contribution in [1.82, 2.24) is 10.2 Å². The van der Waals surface area contributed by atoms with Gasteiger partial charge in [-0.05, 0) is 74.0 Å². The molecule has 1 saturated heterocycles. The lowest BCUT2D eigenvalue weighted by molar-refractivity contribution is -0.124. The van der Waals surface area contributed by atoms with Gasteiger partial charge in [0.15, 0.2) is 0 Å². The van der Waals surface area contributed by atoms with Gasteiger partial charge in [0.25, 0.3) is 0 Å². The van der Waals surface area contributed by atoms with Crippen molar-refractivity contribution in [3.63, 3.8) is 0 Å². The highest BCUT2D eigenvalue weighted by Gasteiger charge is 2.37. The summed E-state index contributed by atoms with van der Waals surface area (Å²) in [5.41, 5.74) is 9.41. The second-order valence-corrected chi connectivity index (χ2v) is 10.0. The molecule has 35 heavy (non-hydrogen) atoms. The molecule has 0 spiro atoms. The van der Waals surface area contributed by atoms with Gasteiger partial charge in [-0.2, -0.15) is 0 Å². The minimum atomic E-state index is -0.513. The molecular formula is C27H35ClN4O3. The Morgan fingerprint density at radius 1 is 1.23 bits per heavy atom. The summed E-state index contributed by atoms with van der Waals surface area (Å²) < 4.78 is 5.50. The largest absolute Gasteiger partial charge is 0.381 e. The molecule has 2 amide bonds. The fraction of sp³-hybridized carbons (Fsp3) is 0.481. The van der Waals surface area contributed by atoms with E-state index in [9.17, 15) is 9.59 Å². The highest BCUT2D eigenvalue weighted by Crippen LogP contribution is 2.34. The number of rotatable bonds is 8. The maximum absolute atomic E-state index is 13.7. The number of carbonyl (C=O) groups excluding carboxylic acids is 2. The van der Waals surface area contributed by atoms with E-state index in [0.29, 0.717) is 29.7 Å². The maximum Gasteiger partial charge on any atom is 0.234 e. The number of halogens is 1. The number of aryl methyl sites for hydroxylation is 1. The number of amides is 2. The first-order valence-corrected chi connectivity index (χ1v) is 12.7. The topological polar surface area (TPSA) is 96.7 Å². The molecule has 0 saturated carbocycles. The van der Waals surface area contributed by atoms with Crippen LogP contribution in [0.4, 0.5) is 5.69 Å². The Morgan fingerprint density at radius 2 is 1.97 bits per heavy atom. The third-order valence-corrected chi connectivity index (χ3v) is 7.75. The molecule has 8 heteroatoms. The Morgan fingerprint density at radius 3 is 2.66 bits per heavy atom. The molecule has 188 valence electrons. The number of methoxy groups -OCH3 is 1. The Bertz CT molecular complexity index is 1050. The number of nitrogens with zero attached hydrogens (tertiary/aromatic N) is 1. The van der Waals surface area contributed by atoms with Gasteiger partial charge in [0, 0.05) is 37.0 Å². The first kappa shape index (κ1) is 25.6. The van der Waals surface area contributed by atoms with Crippen LogP contribution in [0.25, 0.3) is 0 Å². The first-order valence-electron chi connectivity index (χ1n) is 12.3. The molecule has 2 aliphatic heterocycles. The Labute approximate surface area is 212 Å². The standard InChI is InChI=1S/C27H35ClN4O3/c1-17-15-19(7-8-23(17)28)30-27(34)22(11-14-32-12-9-20(35-2)10-13-32)25-21-6-4-3-5-18(21)16-24(31-25)26(29)33/h3-8,15,20,22,24-25,31H,9-14,16H2,1-2H3,(H2,29,33)(H,30,34)/t22-,24?,25?/m0/s1. The third kappa shape index (κ3) is 6.22. The SMILES string of the molecule is COC1CCN(CC[C@H](C(=O)Nc2ccc(Cl)c(C)c2)C2NC(C(N)=O)Cc3ccccc32)CC1. The fourth-order valence-corrected chi connectivity index (χ4v) is 5.34. The molecule has 0 radical (unpaired) electrons. The monoisotopic (exact) mass is 498 g/mol. The van der Waals surface area contributed by atoms with Crippen LogP contribution in [0.3, 0.4) is 0 Å². The molecule has 7 nitrogen and oxygen atoms in total. The minimum Gasteiger partial charge on any atom is -0.381 e. The third-order valence-electron chi connectivity index (χ3n) is 7.33. The van der Waals surface area contributed by atoms with E-state index in [2.05, 4.69) is 15.5 Å². The van der Waals surface area contributed by atoms with Gasteiger partial charge in [-0.15, -0.1) is 0 Å². The molecule has 2 aromatic rings. The van der Waals surface area contributed by atoms with Crippen LogP contribution in [0.1, 0.15) is 42.0 Å². The zero-order valence-electron chi connectivity index (χ0n) is 20.4. The van der Waals surface area contributed by atoms with Gasteiger partial charge in [0.1, 0.15) is 0 Å². The number of likely N-dealkylation sites (tertiary alicyclic amines) is 1. The molecule has 2 unspecified atom stereocenters. The number of ether oxygens (including phenoxy) is 1. The van der Waals surface area contributed by atoms with Crippen LogP contribution in [0.15, 0.2) is 42.5 Å². The van der Waals surface area contributed by atoms with Gasteiger partial charge in [-0.1, -0.05) is 35.9 Å². The van der Waals surface area contributed by atoms with Gasteiger partial charge in [-0.25, -0.2) is 0 Å². The van der Waals surface area contributed by atoms with Gasteiger partial charge < -0.3 is 20.7 Å². The van der Waals surface area contributed by atoms with Crippen LogP contribution in [0, 0.1) is 12.8 Å². The number of nitrogens with one attached hydrogen (secondary N) is 2. The number of hydrogen-bond donors (Lipinski definition) is 3. The summed E-state index contributed by atoms with van der Waals surface area (Å²) in [6.07, 6.45) is 3.46. The number of nitrogens with two attached hydrogens (primary N) is 1. The van der Waals surface area contributed by atoms with Gasteiger partial charge in [0.05, 0.1) is 18.1 Å². The molecule has 2 heterocycles. The van der Waals surface area contributed by atoms with E-state index in [1.807, 2.05) is 43.3 Å². The maximum atomic E-state index is 13.7. The van der Waals surface area contributed by atoms with Crippen LogP contribution < -0.4 is 16.4 Å².